The highest BCUT2D eigenvalue weighted by molar-refractivity contribution is 5.81. The minimum Gasteiger partial charge on any atom is -0.485 e. The molecule has 0 saturated heterocycles. The maximum atomic E-state index is 10.8. The summed E-state index contributed by atoms with van der Waals surface area (Å²) in [6, 6.07) is 8.01. The Balaban J connectivity index is 2.05. The van der Waals surface area contributed by atoms with Crippen molar-refractivity contribution in [1.29, 1.82) is 0 Å². The smallest absolute Gasteiger partial charge is 0.328 e. The first-order chi connectivity index (χ1) is 13.1. The van der Waals surface area contributed by atoms with Gasteiger partial charge < -0.3 is 9.84 Å². The predicted octanol–water partition coefficient (Wildman–Crippen LogP) is 6.33. The lowest BCUT2D eigenvalue weighted by Crippen LogP contribution is -2.21. The van der Waals surface area contributed by atoms with Crippen LogP contribution in [0.5, 0.6) is 5.75 Å². The van der Waals surface area contributed by atoms with E-state index in [1.54, 1.807) is 6.92 Å². The van der Waals surface area contributed by atoms with Crippen LogP contribution in [0.15, 0.2) is 65.8 Å². The zero-order valence-corrected chi connectivity index (χ0v) is 16.4. The summed E-state index contributed by atoms with van der Waals surface area (Å²) in [6.07, 6.45) is 18.5. The zero-order valence-electron chi connectivity index (χ0n) is 16.4. The Hall–Kier alpha value is -2.55. The second-order valence-corrected chi connectivity index (χ2v) is 6.89. The SMILES string of the molecule is CCCCC/C=C/CCC1Oc2ccccc2C=C1/C=C/C(C)=C/C(=O)O. The molecule has 1 atom stereocenters. The topological polar surface area (TPSA) is 46.5 Å². The molecule has 1 heterocycles. The highest BCUT2D eigenvalue weighted by Gasteiger charge is 2.20. The highest BCUT2D eigenvalue weighted by Crippen LogP contribution is 2.32. The van der Waals surface area contributed by atoms with Gasteiger partial charge in [-0.2, -0.15) is 0 Å². The molecule has 2 rings (SSSR count). The third kappa shape index (κ3) is 7.30. The number of allylic oxidation sites excluding steroid dienone is 4. The summed E-state index contributed by atoms with van der Waals surface area (Å²) in [6.45, 7) is 4.01. The molecular formula is C24H30O3. The first kappa shape index (κ1) is 20.8. The van der Waals surface area contributed by atoms with Crippen molar-refractivity contribution in [1.82, 2.24) is 0 Å². The summed E-state index contributed by atoms with van der Waals surface area (Å²) < 4.78 is 6.21. The van der Waals surface area contributed by atoms with Gasteiger partial charge in [-0.05, 0) is 55.9 Å². The van der Waals surface area contributed by atoms with E-state index in [0.717, 1.165) is 36.1 Å². The zero-order chi connectivity index (χ0) is 19.5. The lowest BCUT2D eigenvalue weighted by Gasteiger charge is -2.25. The van der Waals surface area contributed by atoms with Gasteiger partial charge in [0, 0.05) is 11.6 Å². The van der Waals surface area contributed by atoms with Crippen molar-refractivity contribution in [3.63, 3.8) is 0 Å². The number of carbonyl (C=O) groups is 1. The number of aliphatic carboxylic acids is 1. The minimum atomic E-state index is -0.930. The average molecular weight is 367 g/mol. The summed E-state index contributed by atoms with van der Waals surface area (Å²) >= 11 is 0. The third-order valence-corrected chi connectivity index (χ3v) is 4.51. The van der Waals surface area contributed by atoms with Gasteiger partial charge in [-0.15, -0.1) is 0 Å². The van der Waals surface area contributed by atoms with Crippen molar-refractivity contribution >= 4 is 12.0 Å². The summed E-state index contributed by atoms with van der Waals surface area (Å²) in [4.78, 5) is 10.8. The average Bonchev–Trinajstić information content (AvgIpc) is 2.65. The third-order valence-electron chi connectivity index (χ3n) is 4.51. The molecule has 144 valence electrons. The van der Waals surface area contributed by atoms with Crippen molar-refractivity contribution in [2.24, 2.45) is 0 Å². The Bertz CT molecular complexity index is 738. The number of benzene rings is 1. The standard InChI is InChI=1S/C24H30O3/c1-3-4-5-6-7-8-9-13-23-21(16-15-19(2)17-24(25)26)18-20-12-10-11-14-22(20)27-23/h7-8,10-12,14-18,23H,3-6,9,13H2,1-2H3,(H,25,26)/b8-7+,16-15+,19-17+. The van der Waals surface area contributed by atoms with E-state index in [0.29, 0.717) is 5.57 Å². The molecule has 0 aromatic heterocycles. The molecule has 0 amide bonds. The number of para-hydroxylation sites is 1. The van der Waals surface area contributed by atoms with E-state index in [2.05, 4.69) is 25.2 Å². The number of fused-ring (bicyclic) bond motifs is 1. The molecule has 1 aromatic rings. The van der Waals surface area contributed by atoms with Crippen LogP contribution in [0.3, 0.4) is 0 Å². The summed E-state index contributed by atoms with van der Waals surface area (Å²) in [5, 5.41) is 8.87. The van der Waals surface area contributed by atoms with Gasteiger partial charge in [0.05, 0.1) is 0 Å². The van der Waals surface area contributed by atoms with Crippen molar-refractivity contribution in [3.8, 4) is 5.75 Å². The van der Waals surface area contributed by atoms with E-state index < -0.39 is 5.97 Å². The van der Waals surface area contributed by atoms with E-state index in [1.807, 2.05) is 36.4 Å². The molecule has 0 bridgehead atoms. The van der Waals surface area contributed by atoms with E-state index >= 15 is 0 Å². The molecule has 1 aliphatic rings. The maximum absolute atomic E-state index is 10.8. The molecule has 0 radical (unpaired) electrons. The summed E-state index contributed by atoms with van der Waals surface area (Å²) in [5.74, 6) is -0.0227. The van der Waals surface area contributed by atoms with Gasteiger partial charge >= 0.3 is 5.97 Å². The van der Waals surface area contributed by atoms with Crippen LogP contribution in [0.4, 0.5) is 0 Å². The van der Waals surface area contributed by atoms with Crippen LogP contribution >= 0.6 is 0 Å². The largest absolute Gasteiger partial charge is 0.485 e. The van der Waals surface area contributed by atoms with Crippen LogP contribution in [-0.4, -0.2) is 17.2 Å². The lowest BCUT2D eigenvalue weighted by molar-refractivity contribution is -0.131. The molecule has 1 aliphatic heterocycles. The molecule has 0 fully saturated rings. The number of carboxylic acid groups (broad SMARTS) is 1. The normalized spacial score (nSPS) is 17.0. The van der Waals surface area contributed by atoms with Gasteiger partial charge in [0.1, 0.15) is 11.9 Å². The second kappa shape index (κ2) is 11.2. The van der Waals surface area contributed by atoms with Crippen LogP contribution in [0.2, 0.25) is 0 Å². The van der Waals surface area contributed by atoms with Crippen molar-refractivity contribution < 1.29 is 14.6 Å². The lowest BCUT2D eigenvalue weighted by atomic mass is 9.97. The highest BCUT2D eigenvalue weighted by atomic mass is 16.5. The number of unbranched alkanes of at least 4 members (excludes halogenated alkanes) is 3. The fourth-order valence-corrected chi connectivity index (χ4v) is 3.05. The number of carboxylic acids is 1. The van der Waals surface area contributed by atoms with Crippen molar-refractivity contribution in [3.05, 3.63) is 71.4 Å². The van der Waals surface area contributed by atoms with Crippen LogP contribution in [0.25, 0.3) is 6.08 Å². The number of hydrogen-bond acceptors (Lipinski definition) is 2. The molecule has 3 heteroatoms. The minimum absolute atomic E-state index is 0.0194. The van der Waals surface area contributed by atoms with E-state index in [1.165, 1.54) is 25.3 Å². The van der Waals surface area contributed by atoms with Crippen LogP contribution in [0, 0.1) is 0 Å². The van der Waals surface area contributed by atoms with Gasteiger partial charge in [0.2, 0.25) is 0 Å². The molecule has 0 spiro atoms. The molecular weight excluding hydrogens is 336 g/mol. The monoisotopic (exact) mass is 366 g/mol. The van der Waals surface area contributed by atoms with Gasteiger partial charge in [-0.25, -0.2) is 4.79 Å². The Morgan fingerprint density at radius 3 is 2.74 bits per heavy atom. The molecule has 0 saturated carbocycles. The molecule has 0 aliphatic carbocycles. The first-order valence-corrected chi connectivity index (χ1v) is 9.81. The Kier molecular flexibility index (Phi) is 8.63. The molecule has 3 nitrogen and oxygen atoms in total. The number of hydrogen-bond donors (Lipinski definition) is 1. The Morgan fingerprint density at radius 2 is 1.96 bits per heavy atom. The first-order valence-electron chi connectivity index (χ1n) is 9.81. The van der Waals surface area contributed by atoms with Gasteiger partial charge in [-0.3, -0.25) is 0 Å². The quantitative estimate of drug-likeness (QED) is 0.228. The van der Waals surface area contributed by atoms with E-state index in [9.17, 15) is 4.79 Å². The molecule has 1 aromatic carbocycles. The van der Waals surface area contributed by atoms with Gasteiger partial charge in [-0.1, -0.05) is 62.3 Å². The van der Waals surface area contributed by atoms with E-state index in [-0.39, 0.29) is 6.10 Å². The van der Waals surface area contributed by atoms with Crippen molar-refractivity contribution in [2.45, 2.75) is 58.5 Å². The van der Waals surface area contributed by atoms with Gasteiger partial charge in [0.25, 0.3) is 0 Å². The van der Waals surface area contributed by atoms with Crippen molar-refractivity contribution in [2.75, 3.05) is 0 Å². The Morgan fingerprint density at radius 1 is 1.19 bits per heavy atom. The number of ether oxygens (including phenoxy) is 1. The second-order valence-electron chi connectivity index (χ2n) is 6.89. The summed E-state index contributed by atoms with van der Waals surface area (Å²) in [5.41, 5.74) is 2.84. The Labute approximate surface area is 162 Å². The molecule has 1 unspecified atom stereocenters. The number of rotatable bonds is 10. The van der Waals surface area contributed by atoms with Crippen LogP contribution < -0.4 is 4.74 Å². The predicted molar refractivity (Wildman–Crippen MR) is 112 cm³/mol. The maximum Gasteiger partial charge on any atom is 0.328 e. The molecule has 27 heavy (non-hydrogen) atoms. The van der Waals surface area contributed by atoms with Crippen LogP contribution in [-0.2, 0) is 4.79 Å². The summed E-state index contributed by atoms with van der Waals surface area (Å²) in [7, 11) is 0. The van der Waals surface area contributed by atoms with Gasteiger partial charge in [0.15, 0.2) is 0 Å². The van der Waals surface area contributed by atoms with Crippen LogP contribution in [0.1, 0.15) is 57.9 Å². The fraction of sp³-hybridized carbons (Fsp3) is 0.375. The fourth-order valence-electron chi connectivity index (χ4n) is 3.05. The van der Waals surface area contributed by atoms with E-state index in [4.69, 9.17) is 9.84 Å². The molecule has 1 N–H and O–H groups in total.